The molecule has 0 bridgehead atoms. The van der Waals surface area contributed by atoms with Crippen LogP contribution in [0.1, 0.15) is 13.8 Å². The lowest BCUT2D eigenvalue weighted by molar-refractivity contribution is 0.0664. The third kappa shape index (κ3) is 3.17. The summed E-state index contributed by atoms with van der Waals surface area (Å²) in [5, 5.41) is 0. The highest BCUT2D eigenvalue weighted by Gasteiger charge is 2.09. The summed E-state index contributed by atoms with van der Waals surface area (Å²) >= 11 is 3.38. The number of aromatic nitrogens is 2. The molecule has 2 heterocycles. The van der Waals surface area contributed by atoms with Crippen LogP contribution in [0.15, 0.2) is 29.0 Å². The Morgan fingerprint density at radius 2 is 2.22 bits per heavy atom. The maximum absolute atomic E-state index is 5.83. The molecule has 0 aliphatic heterocycles. The third-order valence-corrected chi connectivity index (χ3v) is 2.83. The van der Waals surface area contributed by atoms with Crippen molar-refractivity contribution in [2.75, 3.05) is 13.2 Å². The second-order valence-corrected chi connectivity index (χ2v) is 4.83. The zero-order valence-corrected chi connectivity index (χ0v) is 12.0. The Morgan fingerprint density at radius 1 is 1.39 bits per heavy atom. The van der Waals surface area contributed by atoms with Crippen molar-refractivity contribution in [3.8, 4) is 5.75 Å². The van der Waals surface area contributed by atoms with Gasteiger partial charge in [-0.3, -0.25) is 4.98 Å². The third-order valence-electron chi connectivity index (χ3n) is 2.39. The smallest absolute Gasteiger partial charge is 0.149 e. The number of ether oxygens (including phenoxy) is 2. The maximum Gasteiger partial charge on any atom is 0.149 e. The number of rotatable bonds is 5. The first-order chi connectivity index (χ1) is 8.70. The normalized spacial score (nSPS) is 12.6. The zero-order valence-electron chi connectivity index (χ0n) is 10.4. The van der Waals surface area contributed by atoms with Gasteiger partial charge in [0, 0.05) is 29.5 Å². The quantitative estimate of drug-likeness (QED) is 0.850. The summed E-state index contributed by atoms with van der Waals surface area (Å²) in [6, 6.07) is 3.74. The predicted octanol–water partition coefficient (Wildman–Crippen LogP) is 3.20. The Hall–Kier alpha value is -1.20. The van der Waals surface area contributed by atoms with E-state index in [1.807, 2.05) is 26.0 Å². The van der Waals surface area contributed by atoms with Gasteiger partial charge in [-0.1, -0.05) is 0 Å². The Bertz CT molecular complexity index is 533. The van der Waals surface area contributed by atoms with Crippen molar-refractivity contribution in [1.82, 2.24) is 9.97 Å². The number of hydrogen-bond donors (Lipinski definition) is 0. The maximum atomic E-state index is 5.83. The predicted molar refractivity (Wildman–Crippen MR) is 73.8 cm³/mol. The van der Waals surface area contributed by atoms with Crippen molar-refractivity contribution in [3.63, 3.8) is 0 Å². The van der Waals surface area contributed by atoms with E-state index in [4.69, 9.17) is 9.47 Å². The van der Waals surface area contributed by atoms with E-state index in [2.05, 4.69) is 25.9 Å². The minimum Gasteiger partial charge on any atom is -0.486 e. The van der Waals surface area contributed by atoms with Crippen LogP contribution in [0.25, 0.3) is 11.0 Å². The summed E-state index contributed by atoms with van der Waals surface area (Å²) in [7, 11) is 0. The number of halogens is 1. The standard InChI is InChI=1S/C13H15BrN2O2/c1-3-17-8-9(2)18-12-4-5-15-11-6-10(14)7-16-13(11)12/h4-7,9H,3,8H2,1-2H3. The lowest BCUT2D eigenvalue weighted by atomic mass is 10.3. The van der Waals surface area contributed by atoms with E-state index in [-0.39, 0.29) is 6.10 Å². The van der Waals surface area contributed by atoms with Crippen LogP contribution in [0, 0.1) is 0 Å². The molecule has 0 saturated carbocycles. The van der Waals surface area contributed by atoms with Crippen LogP contribution in [0.5, 0.6) is 5.75 Å². The van der Waals surface area contributed by atoms with Gasteiger partial charge >= 0.3 is 0 Å². The van der Waals surface area contributed by atoms with Gasteiger partial charge in [0.25, 0.3) is 0 Å². The molecule has 0 amide bonds. The summed E-state index contributed by atoms with van der Waals surface area (Å²) in [5.74, 6) is 0.736. The minimum absolute atomic E-state index is 0.0130. The van der Waals surface area contributed by atoms with Gasteiger partial charge in [-0.2, -0.15) is 0 Å². The van der Waals surface area contributed by atoms with Crippen LogP contribution in [0.3, 0.4) is 0 Å². The Morgan fingerprint density at radius 3 is 3.00 bits per heavy atom. The number of pyridine rings is 2. The van der Waals surface area contributed by atoms with Crippen molar-refractivity contribution >= 4 is 27.0 Å². The molecular formula is C13H15BrN2O2. The topological polar surface area (TPSA) is 44.2 Å². The van der Waals surface area contributed by atoms with Crippen LogP contribution >= 0.6 is 15.9 Å². The molecular weight excluding hydrogens is 296 g/mol. The van der Waals surface area contributed by atoms with Crippen molar-refractivity contribution in [3.05, 3.63) is 29.0 Å². The fourth-order valence-corrected chi connectivity index (χ4v) is 1.93. The SMILES string of the molecule is CCOCC(C)Oc1ccnc2cc(Br)cnc12. The van der Waals surface area contributed by atoms with Crippen molar-refractivity contribution in [2.24, 2.45) is 0 Å². The Kier molecular flexibility index (Phi) is 4.49. The summed E-state index contributed by atoms with van der Waals surface area (Å²) in [6.45, 7) is 5.20. The van der Waals surface area contributed by atoms with E-state index in [0.29, 0.717) is 13.2 Å². The molecule has 0 N–H and O–H groups in total. The van der Waals surface area contributed by atoms with Crippen molar-refractivity contribution in [2.45, 2.75) is 20.0 Å². The average Bonchev–Trinajstić information content (AvgIpc) is 2.36. The largest absolute Gasteiger partial charge is 0.486 e. The Labute approximate surface area is 114 Å². The highest BCUT2D eigenvalue weighted by Crippen LogP contribution is 2.24. The molecule has 2 aromatic heterocycles. The van der Waals surface area contributed by atoms with E-state index in [9.17, 15) is 0 Å². The molecule has 0 spiro atoms. The molecule has 5 heteroatoms. The average molecular weight is 311 g/mol. The summed E-state index contributed by atoms with van der Waals surface area (Å²) in [5.41, 5.74) is 1.58. The van der Waals surface area contributed by atoms with Gasteiger partial charge in [0.05, 0.1) is 12.1 Å². The van der Waals surface area contributed by atoms with Crippen LogP contribution in [0.2, 0.25) is 0 Å². The second kappa shape index (κ2) is 6.11. The molecule has 96 valence electrons. The number of hydrogen-bond acceptors (Lipinski definition) is 4. The molecule has 18 heavy (non-hydrogen) atoms. The first-order valence-electron chi connectivity index (χ1n) is 5.85. The molecule has 0 fully saturated rings. The van der Waals surface area contributed by atoms with E-state index < -0.39 is 0 Å². The highest BCUT2D eigenvalue weighted by atomic mass is 79.9. The highest BCUT2D eigenvalue weighted by molar-refractivity contribution is 9.10. The molecule has 0 radical (unpaired) electrons. The van der Waals surface area contributed by atoms with Gasteiger partial charge in [-0.25, -0.2) is 4.98 Å². The van der Waals surface area contributed by atoms with Gasteiger partial charge in [0.1, 0.15) is 17.4 Å². The molecule has 0 aliphatic carbocycles. The summed E-state index contributed by atoms with van der Waals surface area (Å²) in [4.78, 5) is 8.61. The first kappa shape index (κ1) is 13.2. The van der Waals surface area contributed by atoms with Gasteiger partial charge in [-0.05, 0) is 35.8 Å². The van der Waals surface area contributed by atoms with Crippen molar-refractivity contribution < 1.29 is 9.47 Å². The molecule has 0 aromatic carbocycles. The minimum atomic E-state index is -0.0130. The van der Waals surface area contributed by atoms with Crippen molar-refractivity contribution in [1.29, 1.82) is 0 Å². The fourth-order valence-electron chi connectivity index (χ4n) is 1.61. The molecule has 4 nitrogen and oxygen atoms in total. The monoisotopic (exact) mass is 310 g/mol. The molecule has 0 aliphatic rings. The van der Waals surface area contributed by atoms with E-state index in [0.717, 1.165) is 21.3 Å². The van der Waals surface area contributed by atoms with E-state index >= 15 is 0 Å². The summed E-state index contributed by atoms with van der Waals surface area (Å²) < 4.78 is 12.1. The Balaban J connectivity index is 2.22. The first-order valence-corrected chi connectivity index (χ1v) is 6.64. The van der Waals surface area contributed by atoms with Crippen LogP contribution in [0.4, 0.5) is 0 Å². The molecule has 1 unspecified atom stereocenters. The van der Waals surface area contributed by atoms with E-state index in [1.165, 1.54) is 0 Å². The second-order valence-electron chi connectivity index (χ2n) is 3.92. The summed E-state index contributed by atoms with van der Waals surface area (Å²) in [6.07, 6.45) is 3.45. The fraction of sp³-hybridized carbons (Fsp3) is 0.385. The van der Waals surface area contributed by atoms with Gasteiger partial charge < -0.3 is 9.47 Å². The number of nitrogens with zero attached hydrogens (tertiary/aromatic N) is 2. The molecule has 2 aromatic rings. The lowest BCUT2D eigenvalue weighted by Crippen LogP contribution is -2.19. The van der Waals surface area contributed by atoms with Gasteiger partial charge in [-0.15, -0.1) is 0 Å². The van der Waals surface area contributed by atoms with Crippen LogP contribution < -0.4 is 4.74 Å². The van der Waals surface area contributed by atoms with Gasteiger partial charge in [0.2, 0.25) is 0 Å². The van der Waals surface area contributed by atoms with Gasteiger partial charge in [0.15, 0.2) is 0 Å². The van der Waals surface area contributed by atoms with Crippen LogP contribution in [-0.2, 0) is 4.74 Å². The lowest BCUT2D eigenvalue weighted by Gasteiger charge is -2.15. The molecule has 1 atom stereocenters. The number of fused-ring (bicyclic) bond motifs is 1. The molecule has 2 rings (SSSR count). The van der Waals surface area contributed by atoms with Crippen LogP contribution in [-0.4, -0.2) is 29.3 Å². The zero-order chi connectivity index (χ0) is 13.0. The van der Waals surface area contributed by atoms with E-state index in [1.54, 1.807) is 12.4 Å². The molecule has 0 saturated heterocycles.